The Morgan fingerprint density at radius 1 is 0.895 bits per heavy atom. The summed E-state index contributed by atoms with van der Waals surface area (Å²) in [6.45, 7) is 2.12. The van der Waals surface area contributed by atoms with Gasteiger partial charge in [0.15, 0.2) is 0 Å². The van der Waals surface area contributed by atoms with Crippen LogP contribution < -0.4 is 0 Å². The van der Waals surface area contributed by atoms with Crippen LogP contribution >= 0.6 is 11.6 Å². The lowest BCUT2D eigenvalue weighted by molar-refractivity contribution is -0.111. The van der Waals surface area contributed by atoms with Crippen LogP contribution in [0, 0.1) is 6.92 Å². The number of fused-ring (bicyclic) bond motifs is 2. The standard InChI is InChI=1S/C17H13ClO/c1-11-12-6-2-4-8-14(12)16(10-17(18)19)15-9-5-3-7-13(11)15/h2-9H,10H2,1H3. The van der Waals surface area contributed by atoms with Crippen LogP contribution in [0.15, 0.2) is 48.5 Å². The van der Waals surface area contributed by atoms with Gasteiger partial charge in [-0.25, -0.2) is 0 Å². The van der Waals surface area contributed by atoms with Crippen LogP contribution in [-0.2, 0) is 11.2 Å². The van der Waals surface area contributed by atoms with E-state index in [0.717, 1.165) is 16.3 Å². The molecule has 3 rings (SSSR count). The second-order valence-electron chi connectivity index (χ2n) is 4.73. The number of rotatable bonds is 2. The fourth-order valence-electron chi connectivity index (χ4n) is 2.77. The van der Waals surface area contributed by atoms with Crippen molar-refractivity contribution < 1.29 is 4.79 Å². The van der Waals surface area contributed by atoms with E-state index in [1.807, 2.05) is 24.3 Å². The maximum Gasteiger partial charge on any atom is 0.226 e. The van der Waals surface area contributed by atoms with Crippen molar-refractivity contribution >= 4 is 38.4 Å². The Labute approximate surface area is 116 Å². The van der Waals surface area contributed by atoms with Gasteiger partial charge < -0.3 is 0 Å². The number of hydrogen-bond acceptors (Lipinski definition) is 1. The van der Waals surface area contributed by atoms with Gasteiger partial charge in [0.1, 0.15) is 0 Å². The number of carbonyl (C=O) groups is 1. The van der Waals surface area contributed by atoms with Crippen molar-refractivity contribution in [1.29, 1.82) is 0 Å². The molecule has 0 aliphatic heterocycles. The van der Waals surface area contributed by atoms with Crippen molar-refractivity contribution in [3.05, 3.63) is 59.7 Å². The van der Waals surface area contributed by atoms with E-state index >= 15 is 0 Å². The van der Waals surface area contributed by atoms with Gasteiger partial charge in [-0.2, -0.15) is 0 Å². The quantitative estimate of drug-likeness (QED) is 0.490. The molecule has 19 heavy (non-hydrogen) atoms. The first-order valence-corrected chi connectivity index (χ1v) is 6.63. The van der Waals surface area contributed by atoms with Gasteiger partial charge in [0.2, 0.25) is 5.24 Å². The largest absolute Gasteiger partial charge is 0.281 e. The molecule has 0 N–H and O–H groups in total. The van der Waals surface area contributed by atoms with Crippen LogP contribution in [0.2, 0.25) is 0 Å². The smallest absolute Gasteiger partial charge is 0.226 e. The average molecular weight is 269 g/mol. The first-order chi connectivity index (χ1) is 9.18. The molecule has 0 bridgehead atoms. The van der Waals surface area contributed by atoms with Crippen LogP contribution in [0.3, 0.4) is 0 Å². The lowest BCUT2D eigenvalue weighted by Gasteiger charge is -2.13. The highest BCUT2D eigenvalue weighted by Gasteiger charge is 2.12. The van der Waals surface area contributed by atoms with E-state index in [1.165, 1.54) is 16.3 Å². The SMILES string of the molecule is Cc1c2ccccc2c(CC(=O)Cl)c2ccccc12. The molecule has 0 radical (unpaired) electrons. The number of hydrogen-bond donors (Lipinski definition) is 0. The second-order valence-corrected chi connectivity index (χ2v) is 5.15. The van der Waals surface area contributed by atoms with E-state index in [-0.39, 0.29) is 11.7 Å². The van der Waals surface area contributed by atoms with Gasteiger partial charge in [0.25, 0.3) is 0 Å². The fourth-order valence-corrected chi connectivity index (χ4v) is 2.90. The minimum absolute atomic E-state index is 0.267. The van der Waals surface area contributed by atoms with Crippen molar-refractivity contribution in [2.45, 2.75) is 13.3 Å². The molecule has 0 unspecified atom stereocenters. The molecule has 0 heterocycles. The molecule has 0 atom stereocenters. The Hall–Kier alpha value is -1.86. The summed E-state index contributed by atoms with van der Waals surface area (Å²) in [5, 5.41) is 4.29. The molecule has 2 heteroatoms. The number of benzene rings is 3. The van der Waals surface area contributed by atoms with E-state index in [4.69, 9.17) is 11.6 Å². The zero-order valence-corrected chi connectivity index (χ0v) is 11.4. The minimum Gasteiger partial charge on any atom is -0.281 e. The summed E-state index contributed by atoms with van der Waals surface area (Å²) >= 11 is 5.61. The van der Waals surface area contributed by atoms with Gasteiger partial charge >= 0.3 is 0 Å². The molecule has 94 valence electrons. The summed E-state index contributed by atoms with van der Waals surface area (Å²) in [5.41, 5.74) is 2.27. The molecule has 0 saturated heterocycles. The molecule has 3 aromatic carbocycles. The van der Waals surface area contributed by atoms with Gasteiger partial charge in [-0.3, -0.25) is 4.79 Å². The Morgan fingerprint density at radius 2 is 1.32 bits per heavy atom. The van der Waals surface area contributed by atoms with Crippen molar-refractivity contribution in [1.82, 2.24) is 0 Å². The highest BCUT2D eigenvalue weighted by molar-refractivity contribution is 6.63. The van der Waals surface area contributed by atoms with E-state index in [9.17, 15) is 4.79 Å². The summed E-state index contributed by atoms with van der Waals surface area (Å²) in [4.78, 5) is 11.4. The highest BCUT2D eigenvalue weighted by Crippen LogP contribution is 2.32. The highest BCUT2D eigenvalue weighted by atomic mass is 35.5. The van der Waals surface area contributed by atoms with Crippen molar-refractivity contribution in [3.8, 4) is 0 Å². The minimum atomic E-state index is -0.320. The molecule has 0 aliphatic carbocycles. The summed E-state index contributed by atoms with van der Waals surface area (Å²) < 4.78 is 0. The first kappa shape index (κ1) is 12.2. The summed E-state index contributed by atoms with van der Waals surface area (Å²) in [5.74, 6) is 0. The number of carbonyl (C=O) groups excluding carboxylic acids is 1. The van der Waals surface area contributed by atoms with Crippen molar-refractivity contribution in [3.63, 3.8) is 0 Å². The zero-order chi connectivity index (χ0) is 13.4. The lowest BCUT2D eigenvalue weighted by atomic mass is 9.91. The summed E-state index contributed by atoms with van der Waals surface area (Å²) in [6.07, 6.45) is 0.267. The van der Waals surface area contributed by atoms with Gasteiger partial charge in [-0.1, -0.05) is 48.5 Å². The maximum atomic E-state index is 11.4. The number of aryl methyl sites for hydroxylation is 1. The van der Waals surface area contributed by atoms with E-state index < -0.39 is 0 Å². The molecular formula is C17H13ClO. The zero-order valence-electron chi connectivity index (χ0n) is 10.6. The first-order valence-electron chi connectivity index (χ1n) is 6.25. The van der Waals surface area contributed by atoms with Crippen LogP contribution in [0.4, 0.5) is 0 Å². The third-order valence-corrected chi connectivity index (χ3v) is 3.76. The fraction of sp³-hybridized carbons (Fsp3) is 0.118. The van der Waals surface area contributed by atoms with Crippen LogP contribution in [0.1, 0.15) is 11.1 Å². The van der Waals surface area contributed by atoms with Crippen LogP contribution in [-0.4, -0.2) is 5.24 Å². The van der Waals surface area contributed by atoms with Crippen LogP contribution in [0.5, 0.6) is 0 Å². The Balaban J connectivity index is 2.52. The molecule has 0 fully saturated rings. The van der Waals surface area contributed by atoms with Gasteiger partial charge in [0.05, 0.1) is 0 Å². The number of halogens is 1. The van der Waals surface area contributed by atoms with Crippen molar-refractivity contribution in [2.75, 3.05) is 0 Å². The van der Waals surface area contributed by atoms with E-state index in [1.54, 1.807) is 0 Å². The normalized spacial score (nSPS) is 11.1. The van der Waals surface area contributed by atoms with Gasteiger partial charge in [0, 0.05) is 6.42 Å². The average Bonchev–Trinajstić information content (AvgIpc) is 2.43. The molecule has 1 nitrogen and oxygen atoms in total. The third kappa shape index (κ3) is 2.00. The summed E-state index contributed by atoms with van der Waals surface area (Å²) in [7, 11) is 0. The van der Waals surface area contributed by atoms with Crippen LogP contribution in [0.25, 0.3) is 21.5 Å². The predicted molar refractivity (Wildman–Crippen MR) is 80.8 cm³/mol. The maximum absolute atomic E-state index is 11.4. The molecule has 0 aliphatic rings. The molecule has 0 amide bonds. The summed E-state index contributed by atoms with van der Waals surface area (Å²) in [6, 6.07) is 16.4. The molecular weight excluding hydrogens is 256 g/mol. The second kappa shape index (κ2) is 4.67. The Morgan fingerprint density at radius 3 is 1.74 bits per heavy atom. The third-order valence-electron chi connectivity index (χ3n) is 3.63. The van der Waals surface area contributed by atoms with Gasteiger partial charge in [-0.05, 0) is 51.2 Å². The Kier molecular flexibility index (Phi) is 3.00. The van der Waals surface area contributed by atoms with Crippen molar-refractivity contribution in [2.24, 2.45) is 0 Å². The Bertz CT molecular complexity index is 733. The molecule has 0 saturated carbocycles. The monoisotopic (exact) mass is 268 g/mol. The molecule has 3 aromatic rings. The molecule has 0 spiro atoms. The topological polar surface area (TPSA) is 17.1 Å². The van der Waals surface area contributed by atoms with E-state index in [0.29, 0.717) is 0 Å². The molecule has 0 aromatic heterocycles. The van der Waals surface area contributed by atoms with Gasteiger partial charge in [-0.15, -0.1) is 0 Å². The van der Waals surface area contributed by atoms with E-state index in [2.05, 4.69) is 31.2 Å². The predicted octanol–water partition coefficient (Wildman–Crippen LogP) is 4.61. The lowest BCUT2D eigenvalue weighted by Crippen LogP contribution is -1.98.